The monoisotopic (exact) mass is 411 g/mol. The number of rotatable bonds is 6. The van der Waals surface area contributed by atoms with Gasteiger partial charge in [0.1, 0.15) is 11.5 Å². The third-order valence-electron chi connectivity index (χ3n) is 6.01. The van der Waals surface area contributed by atoms with Gasteiger partial charge in [0, 0.05) is 64.1 Å². The Balaban J connectivity index is 1.38. The lowest BCUT2D eigenvalue weighted by Crippen LogP contribution is -2.48. The standard InChI is InChI=1S/C23H33N5O2/c1-25-9-11-27(12-10-25)22-17-19(7-8-23(22)30-3)24-28-15-13-26(14-16-28)20-5-4-6-21(18-20)29-2/h4-8,17-18,24H,9-16H2,1-3H3. The highest BCUT2D eigenvalue weighted by Gasteiger charge is 2.20. The lowest BCUT2D eigenvalue weighted by Gasteiger charge is -2.37. The molecule has 2 heterocycles. The molecule has 2 saturated heterocycles. The molecule has 0 amide bonds. The lowest BCUT2D eigenvalue weighted by atomic mass is 10.2. The van der Waals surface area contributed by atoms with E-state index in [4.69, 9.17) is 9.47 Å². The van der Waals surface area contributed by atoms with E-state index in [1.54, 1.807) is 14.2 Å². The van der Waals surface area contributed by atoms with Gasteiger partial charge in [-0.15, -0.1) is 0 Å². The van der Waals surface area contributed by atoms with Gasteiger partial charge in [-0.05, 0) is 37.4 Å². The second-order valence-corrected chi connectivity index (χ2v) is 7.96. The summed E-state index contributed by atoms with van der Waals surface area (Å²) >= 11 is 0. The van der Waals surface area contributed by atoms with Gasteiger partial charge in [-0.2, -0.15) is 0 Å². The Morgan fingerprint density at radius 2 is 1.50 bits per heavy atom. The van der Waals surface area contributed by atoms with Crippen LogP contribution in [0.4, 0.5) is 17.1 Å². The second kappa shape index (κ2) is 9.45. The normalized spacial score (nSPS) is 18.4. The maximum atomic E-state index is 5.64. The minimum Gasteiger partial charge on any atom is -0.497 e. The van der Waals surface area contributed by atoms with Crippen molar-refractivity contribution in [2.45, 2.75) is 0 Å². The van der Waals surface area contributed by atoms with Crippen LogP contribution in [-0.2, 0) is 0 Å². The third-order valence-corrected chi connectivity index (χ3v) is 6.01. The van der Waals surface area contributed by atoms with E-state index in [0.717, 1.165) is 69.5 Å². The van der Waals surface area contributed by atoms with Gasteiger partial charge in [-0.25, -0.2) is 5.01 Å². The first-order valence-corrected chi connectivity index (χ1v) is 10.7. The fourth-order valence-electron chi connectivity index (χ4n) is 4.12. The summed E-state index contributed by atoms with van der Waals surface area (Å²) in [5.41, 5.74) is 7.11. The summed E-state index contributed by atoms with van der Waals surface area (Å²) in [5, 5.41) is 2.30. The molecule has 162 valence electrons. The van der Waals surface area contributed by atoms with E-state index in [2.05, 4.69) is 68.6 Å². The Kier molecular flexibility index (Phi) is 6.50. The van der Waals surface area contributed by atoms with Crippen molar-refractivity contribution in [3.8, 4) is 11.5 Å². The Morgan fingerprint density at radius 1 is 0.767 bits per heavy atom. The van der Waals surface area contributed by atoms with Crippen LogP contribution in [0.15, 0.2) is 42.5 Å². The van der Waals surface area contributed by atoms with Crippen molar-refractivity contribution < 1.29 is 9.47 Å². The summed E-state index contributed by atoms with van der Waals surface area (Å²) < 4.78 is 11.0. The summed E-state index contributed by atoms with van der Waals surface area (Å²) in [4.78, 5) is 7.20. The molecule has 0 spiro atoms. The van der Waals surface area contributed by atoms with Crippen molar-refractivity contribution in [3.05, 3.63) is 42.5 Å². The van der Waals surface area contributed by atoms with Crippen molar-refractivity contribution in [1.82, 2.24) is 9.91 Å². The van der Waals surface area contributed by atoms with Gasteiger partial charge in [0.05, 0.1) is 25.6 Å². The van der Waals surface area contributed by atoms with Crippen molar-refractivity contribution in [2.75, 3.05) is 88.9 Å². The number of anilines is 3. The number of hydrogen-bond donors (Lipinski definition) is 1. The Labute approximate surface area is 179 Å². The Morgan fingerprint density at radius 3 is 2.20 bits per heavy atom. The van der Waals surface area contributed by atoms with Crippen LogP contribution in [0.1, 0.15) is 0 Å². The van der Waals surface area contributed by atoms with Crippen LogP contribution >= 0.6 is 0 Å². The molecule has 2 fully saturated rings. The van der Waals surface area contributed by atoms with Crippen molar-refractivity contribution >= 4 is 17.1 Å². The first-order valence-electron chi connectivity index (χ1n) is 10.7. The molecular formula is C23H33N5O2. The molecule has 0 unspecified atom stereocenters. The van der Waals surface area contributed by atoms with Crippen molar-refractivity contribution in [1.29, 1.82) is 0 Å². The topological polar surface area (TPSA) is 43.5 Å². The van der Waals surface area contributed by atoms with Crippen molar-refractivity contribution in [3.63, 3.8) is 0 Å². The van der Waals surface area contributed by atoms with E-state index in [1.807, 2.05) is 6.07 Å². The maximum absolute atomic E-state index is 5.64. The smallest absolute Gasteiger partial charge is 0.142 e. The van der Waals surface area contributed by atoms with Crippen LogP contribution in [0.5, 0.6) is 11.5 Å². The van der Waals surface area contributed by atoms with E-state index < -0.39 is 0 Å². The predicted molar refractivity (Wildman–Crippen MR) is 123 cm³/mol. The summed E-state index contributed by atoms with van der Waals surface area (Å²) in [6.45, 7) is 8.05. The van der Waals surface area contributed by atoms with E-state index in [9.17, 15) is 0 Å². The highest BCUT2D eigenvalue weighted by atomic mass is 16.5. The van der Waals surface area contributed by atoms with Gasteiger partial charge >= 0.3 is 0 Å². The number of hydrazine groups is 1. The first-order chi connectivity index (χ1) is 14.7. The molecule has 0 atom stereocenters. The van der Waals surface area contributed by atoms with Gasteiger partial charge in [0.25, 0.3) is 0 Å². The molecule has 4 rings (SSSR count). The van der Waals surface area contributed by atoms with E-state index >= 15 is 0 Å². The Hall–Kier alpha value is -2.64. The average molecular weight is 412 g/mol. The molecule has 1 N–H and O–H groups in total. The van der Waals surface area contributed by atoms with Crippen molar-refractivity contribution in [2.24, 2.45) is 0 Å². The van der Waals surface area contributed by atoms with Crippen LogP contribution in [0.2, 0.25) is 0 Å². The number of methoxy groups -OCH3 is 2. The molecule has 2 aliphatic heterocycles. The van der Waals surface area contributed by atoms with Gasteiger partial charge in [0.2, 0.25) is 0 Å². The van der Waals surface area contributed by atoms with Gasteiger partial charge in [-0.3, -0.25) is 0 Å². The first kappa shape index (κ1) is 20.6. The van der Waals surface area contributed by atoms with Crippen LogP contribution in [0.25, 0.3) is 0 Å². The second-order valence-electron chi connectivity index (χ2n) is 7.96. The molecule has 2 aromatic rings. The maximum Gasteiger partial charge on any atom is 0.142 e. The summed E-state index contributed by atoms with van der Waals surface area (Å²) in [6, 6.07) is 14.7. The largest absolute Gasteiger partial charge is 0.497 e. The van der Waals surface area contributed by atoms with Gasteiger partial charge in [-0.1, -0.05) is 6.07 Å². The predicted octanol–water partition coefficient (Wildman–Crippen LogP) is 2.60. The number of hydrogen-bond acceptors (Lipinski definition) is 7. The molecule has 7 heteroatoms. The fourth-order valence-corrected chi connectivity index (χ4v) is 4.12. The molecule has 7 nitrogen and oxygen atoms in total. The van der Waals surface area contributed by atoms with E-state index in [-0.39, 0.29) is 0 Å². The zero-order chi connectivity index (χ0) is 20.9. The summed E-state index contributed by atoms with van der Waals surface area (Å²) in [5.74, 6) is 1.84. The average Bonchev–Trinajstić information content (AvgIpc) is 2.80. The molecule has 0 aliphatic carbocycles. The SMILES string of the molecule is COc1cccc(N2CCN(Nc3ccc(OC)c(N4CCN(C)CC4)c3)CC2)c1. The fraction of sp³-hybridized carbons (Fsp3) is 0.478. The summed E-state index contributed by atoms with van der Waals surface area (Å²) in [6.07, 6.45) is 0. The van der Waals surface area contributed by atoms with Crippen LogP contribution < -0.4 is 24.7 Å². The molecule has 2 aliphatic rings. The number of likely N-dealkylation sites (N-methyl/N-ethyl adjacent to an activating group) is 1. The highest BCUT2D eigenvalue weighted by molar-refractivity contribution is 5.66. The quantitative estimate of drug-likeness (QED) is 0.784. The van der Waals surface area contributed by atoms with Crippen LogP contribution in [0, 0.1) is 0 Å². The minimum atomic E-state index is 0.905. The van der Waals surface area contributed by atoms with E-state index in [0.29, 0.717) is 0 Å². The van der Waals surface area contributed by atoms with Crippen LogP contribution in [0.3, 0.4) is 0 Å². The molecule has 0 aromatic heterocycles. The van der Waals surface area contributed by atoms with E-state index in [1.165, 1.54) is 11.4 Å². The molecule has 30 heavy (non-hydrogen) atoms. The van der Waals surface area contributed by atoms with Gasteiger partial charge < -0.3 is 29.6 Å². The minimum absolute atomic E-state index is 0.905. The lowest BCUT2D eigenvalue weighted by molar-refractivity contribution is 0.307. The zero-order valence-corrected chi connectivity index (χ0v) is 18.3. The molecular weight excluding hydrogens is 378 g/mol. The number of nitrogens with zero attached hydrogens (tertiary/aromatic N) is 4. The Bertz CT molecular complexity index is 830. The molecule has 2 aromatic carbocycles. The third kappa shape index (κ3) is 4.74. The summed E-state index contributed by atoms with van der Waals surface area (Å²) in [7, 11) is 5.64. The highest BCUT2D eigenvalue weighted by Crippen LogP contribution is 2.32. The number of nitrogens with one attached hydrogen (secondary N) is 1. The van der Waals surface area contributed by atoms with Crippen LogP contribution in [-0.4, -0.2) is 83.5 Å². The van der Waals surface area contributed by atoms with Gasteiger partial charge in [0.15, 0.2) is 0 Å². The number of piperazine rings is 2. The number of benzene rings is 2. The zero-order valence-electron chi connectivity index (χ0n) is 18.3. The molecule has 0 saturated carbocycles. The molecule has 0 bridgehead atoms. The number of ether oxygens (including phenoxy) is 2. The molecule has 0 radical (unpaired) electrons.